The maximum atomic E-state index is 2.50. The van der Waals surface area contributed by atoms with Gasteiger partial charge in [0.05, 0.1) is 0 Å². The molecule has 0 amide bonds. The van der Waals surface area contributed by atoms with Crippen LogP contribution in [-0.2, 0) is 18.3 Å². The Morgan fingerprint density at radius 3 is 1.79 bits per heavy atom. The maximum Gasteiger partial charge on any atom is 0.0465 e. The van der Waals surface area contributed by atoms with Gasteiger partial charge in [0.25, 0.3) is 0 Å². The molecule has 0 spiro atoms. The molecule has 8 aromatic carbocycles. The Morgan fingerprint density at radius 1 is 0.474 bits per heavy atom. The molecule has 2 aliphatic carbocycles. The number of aryl methyl sites for hydroxylation is 2. The number of nitrogens with zero attached hydrogens (tertiary/aromatic N) is 1. The average molecular weight is 734 g/mol. The van der Waals surface area contributed by atoms with Crippen LogP contribution in [0.1, 0.15) is 66.5 Å². The molecule has 0 N–H and O–H groups in total. The number of hydrogen-bond donors (Lipinski definition) is 0. The van der Waals surface area contributed by atoms with Crippen LogP contribution in [0.4, 0.5) is 17.1 Å². The lowest BCUT2D eigenvalue weighted by molar-refractivity contribution is 0.490. The minimum absolute atomic E-state index is 0.0700. The Bertz CT molecular complexity index is 2730. The summed E-state index contributed by atoms with van der Waals surface area (Å²) < 4.78 is 0. The topological polar surface area (TPSA) is 3.24 Å². The van der Waals surface area contributed by atoms with Crippen LogP contribution in [0.5, 0.6) is 0 Å². The second-order valence-electron chi connectivity index (χ2n) is 15.8. The summed E-state index contributed by atoms with van der Waals surface area (Å²) >= 11 is 0. The van der Waals surface area contributed by atoms with Gasteiger partial charge < -0.3 is 4.90 Å². The Hall–Kier alpha value is -6.44. The minimum atomic E-state index is -0.0700. The highest BCUT2D eigenvalue weighted by atomic mass is 15.1. The van der Waals surface area contributed by atoms with Crippen molar-refractivity contribution in [3.05, 3.63) is 209 Å². The normalized spacial score (nSPS) is 13.8. The van der Waals surface area contributed by atoms with Gasteiger partial charge in [0.2, 0.25) is 0 Å². The summed E-state index contributed by atoms with van der Waals surface area (Å²) in [6, 6.07) is 65.3. The fourth-order valence-corrected chi connectivity index (χ4v) is 9.95. The van der Waals surface area contributed by atoms with E-state index in [9.17, 15) is 0 Å². The first-order valence-corrected chi connectivity index (χ1v) is 20.8. The van der Waals surface area contributed by atoms with Crippen LogP contribution in [0.2, 0.25) is 0 Å². The molecule has 0 fully saturated rings. The molecule has 0 radical (unpaired) electrons. The molecule has 0 bridgehead atoms. The second-order valence-corrected chi connectivity index (χ2v) is 15.8. The number of para-hydroxylation sites is 1. The fourth-order valence-electron chi connectivity index (χ4n) is 9.95. The summed E-state index contributed by atoms with van der Waals surface area (Å²) in [5.41, 5.74) is 19.6. The van der Waals surface area contributed by atoms with E-state index in [1.165, 1.54) is 114 Å². The zero-order chi connectivity index (χ0) is 38.3. The van der Waals surface area contributed by atoms with Crippen LogP contribution >= 0.6 is 0 Å². The SMILES string of the molecule is CCC1(CC)c2cc(C=Cc3ccc(-c4ccccc4)c4c(-c5ccccc5)cccc34)ccc2-c2ccc(N(c3ccccc3)c3ccc4c(c3)CCC4)cc21. The van der Waals surface area contributed by atoms with Crippen molar-refractivity contribution in [2.24, 2.45) is 0 Å². The molecule has 1 nitrogen and oxygen atoms in total. The monoisotopic (exact) mass is 733 g/mol. The van der Waals surface area contributed by atoms with Gasteiger partial charge in [-0.15, -0.1) is 0 Å². The van der Waals surface area contributed by atoms with Gasteiger partial charge in [0.15, 0.2) is 0 Å². The van der Waals surface area contributed by atoms with Crippen molar-refractivity contribution >= 4 is 40.0 Å². The Labute approximate surface area is 337 Å². The Balaban J connectivity index is 1.05. The highest BCUT2D eigenvalue weighted by molar-refractivity contribution is 6.10. The highest BCUT2D eigenvalue weighted by Gasteiger charge is 2.41. The molecule has 0 saturated carbocycles. The van der Waals surface area contributed by atoms with E-state index in [1.807, 2.05) is 0 Å². The Morgan fingerprint density at radius 2 is 1.07 bits per heavy atom. The zero-order valence-corrected chi connectivity index (χ0v) is 32.9. The molecule has 8 aromatic rings. The zero-order valence-electron chi connectivity index (χ0n) is 32.9. The van der Waals surface area contributed by atoms with Crippen LogP contribution < -0.4 is 4.90 Å². The molecule has 0 aromatic heterocycles. The summed E-state index contributed by atoms with van der Waals surface area (Å²) in [4.78, 5) is 2.46. The van der Waals surface area contributed by atoms with Crippen molar-refractivity contribution < 1.29 is 0 Å². The van der Waals surface area contributed by atoms with Gasteiger partial charge in [-0.3, -0.25) is 0 Å². The quantitative estimate of drug-likeness (QED) is 0.134. The van der Waals surface area contributed by atoms with Crippen molar-refractivity contribution in [1.29, 1.82) is 0 Å². The largest absolute Gasteiger partial charge is 0.310 e. The maximum absolute atomic E-state index is 2.50. The smallest absolute Gasteiger partial charge is 0.0465 e. The van der Waals surface area contributed by atoms with E-state index < -0.39 is 0 Å². The average Bonchev–Trinajstić information content (AvgIpc) is 3.86. The molecule has 0 aliphatic heterocycles. The first-order chi connectivity index (χ1) is 28.1. The molecule has 0 unspecified atom stereocenters. The molecule has 57 heavy (non-hydrogen) atoms. The molecular weight excluding hydrogens is 687 g/mol. The molecular formula is C56H47N. The fraction of sp³-hybridized carbons (Fsp3) is 0.143. The number of rotatable bonds is 9. The van der Waals surface area contributed by atoms with Crippen molar-refractivity contribution in [1.82, 2.24) is 0 Å². The van der Waals surface area contributed by atoms with Crippen molar-refractivity contribution in [3.8, 4) is 33.4 Å². The summed E-state index contributed by atoms with van der Waals surface area (Å²) in [5, 5.41) is 2.55. The van der Waals surface area contributed by atoms with E-state index in [2.05, 4.69) is 207 Å². The lowest BCUT2D eigenvalue weighted by Crippen LogP contribution is -2.23. The highest BCUT2D eigenvalue weighted by Crippen LogP contribution is 2.54. The molecule has 0 saturated heterocycles. The van der Waals surface area contributed by atoms with E-state index in [4.69, 9.17) is 0 Å². The molecule has 1 heteroatoms. The van der Waals surface area contributed by atoms with Crippen LogP contribution in [-0.4, -0.2) is 0 Å². The predicted octanol–water partition coefficient (Wildman–Crippen LogP) is 15.4. The first kappa shape index (κ1) is 35.0. The van der Waals surface area contributed by atoms with Gasteiger partial charge in [0.1, 0.15) is 0 Å². The van der Waals surface area contributed by atoms with Crippen LogP contribution in [0, 0.1) is 0 Å². The van der Waals surface area contributed by atoms with Gasteiger partial charge in [-0.05, 0) is 146 Å². The molecule has 10 rings (SSSR count). The number of anilines is 3. The third kappa shape index (κ3) is 6.01. The van der Waals surface area contributed by atoms with E-state index in [1.54, 1.807) is 0 Å². The van der Waals surface area contributed by atoms with E-state index in [0.29, 0.717) is 0 Å². The van der Waals surface area contributed by atoms with Gasteiger partial charge in [-0.25, -0.2) is 0 Å². The van der Waals surface area contributed by atoms with Crippen LogP contribution in [0.3, 0.4) is 0 Å². The standard InChI is InChI=1S/C56H47N/c1-3-56(4-2)53-36-39(26-28-43-30-34-50(42-18-10-6-11-19-42)55-48(24-15-25-49(43)55)41-16-8-5-9-17-41)27-33-51(53)52-35-32-47(38-54(52)56)57(45-22-12-7-13-23-45)46-31-29-40-20-14-21-44(40)37-46/h5-13,15-19,22-38H,3-4,14,20-21H2,1-2H3. The third-order valence-electron chi connectivity index (χ3n) is 12.9. The van der Waals surface area contributed by atoms with Crippen LogP contribution in [0.15, 0.2) is 176 Å². The van der Waals surface area contributed by atoms with Gasteiger partial charge in [-0.2, -0.15) is 0 Å². The summed E-state index contributed by atoms with van der Waals surface area (Å²) in [7, 11) is 0. The van der Waals surface area contributed by atoms with Gasteiger partial charge >= 0.3 is 0 Å². The lowest BCUT2D eigenvalue weighted by Gasteiger charge is -2.32. The predicted molar refractivity (Wildman–Crippen MR) is 244 cm³/mol. The van der Waals surface area contributed by atoms with Crippen molar-refractivity contribution in [2.45, 2.75) is 51.4 Å². The van der Waals surface area contributed by atoms with E-state index >= 15 is 0 Å². The second kappa shape index (κ2) is 14.6. The molecule has 2 aliphatic rings. The number of benzene rings is 8. The van der Waals surface area contributed by atoms with Gasteiger partial charge in [0, 0.05) is 22.5 Å². The van der Waals surface area contributed by atoms with E-state index in [0.717, 1.165) is 12.8 Å². The van der Waals surface area contributed by atoms with Crippen molar-refractivity contribution in [2.75, 3.05) is 4.90 Å². The van der Waals surface area contributed by atoms with Crippen LogP contribution in [0.25, 0.3) is 56.3 Å². The molecule has 0 atom stereocenters. The minimum Gasteiger partial charge on any atom is -0.310 e. The summed E-state index contributed by atoms with van der Waals surface area (Å²) in [6.45, 7) is 4.75. The van der Waals surface area contributed by atoms with Gasteiger partial charge in [-0.1, -0.05) is 166 Å². The number of fused-ring (bicyclic) bond motifs is 5. The molecule has 276 valence electrons. The summed E-state index contributed by atoms with van der Waals surface area (Å²) in [5.74, 6) is 0. The van der Waals surface area contributed by atoms with E-state index in [-0.39, 0.29) is 5.41 Å². The van der Waals surface area contributed by atoms with Crippen molar-refractivity contribution in [3.63, 3.8) is 0 Å². The number of hydrogen-bond acceptors (Lipinski definition) is 1. The first-order valence-electron chi connectivity index (χ1n) is 20.8. The summed E-state index contributed by atoms with van der Waals surface area (Å²) in [6.07, 6.45) is 10.3. The third-order valence-corrected chi connectivity index (χ3v) is 12.9. The lowest BCUT2D eigenvalue weighted by atomic mass is 9.73. The molecule has 0 heterocycles. The Kier molecular flexibility index (Phi) is 8.95.